The number of likely N-dealkylation sites (N-methyl/N-ethyl adjacent to an activating group) is 1. The van der Waals surface area contributed by atoms with Crippen molar-refractivity contribution >= 4 is 15.9 Å². The van der Waals surface area contributed by atoms with E-state index in [4.69, 9.17) is 4.74 Å². The number of halogens is 1. The van der Waals surface area contributed by atoms with E-state index < -0.39 is 0 Å². The molecule has 4 heteroatoms. The predicted octanol–water partition coefficient (Wildman–Crippen LogP) is 2.14. The van der Waals surface area contributed by atoms with Crippen LogP contribution in [0.4, 0.5) is 0 Å². The quantitative estimate of drug-likeness (QED) is 0.899. The molecule has 14 heavy (non-hydrogen) atoms. The van der Waals surface area contributed by atoms with Gasteiger partial charge in [0.15, 0.2) is 0 Å². The Hall–Kier alpha value is -0.610. The molecular weight excluding hydrogens is 244 g/mol. The van der Waals surface area contributed by atoms with Gasteiger partial charge >= 0.3 is 0 Å². The number of hydrogen-bond acceptors (Lipinski definition) is 3. The molecular formula is C10H15BrN2O. The van der Waals surface area contributed by atoms with Gasteiger partial charge in [0, 0.05) is 17.1 Å². The van der Waals surface area contributed by atoms with Crippen LogP contribution in [0.25, 0.3) is 0 Å². The number of ether oxygens (including phenoxy) is 1. The van der Waals surface area contributed by atoms with Gasteiger partial charge in [-0.3, -0.25) is 0 Å². The van der Waals surface area contributed by atoms with Crippen molar-refractivity contribution in [2.45, 2.75) is 20.0 Å². The van der Waals surface area contributed by atoms with Gasteiger partial charge in [0.05, 0.1) is 5.69 Å². The summed E-state index contributed by atoms with van der Waals surface area (Å²) >= 11 is 3.40. The third-order valence-corrected chi connectivity index (χ3v) is 2.65. The van der Waals surface area contributed by atoms with E-state index in [0.717, 1.165) is 16.7 Å². The van der Waals surface area contributed by atoms with Gasteiger partial charge in [0.25, 0.3) is 0 Å². The van der Waals surface area contributed by atoms with E-state index in [2.05, 4.69) is 26.2 Å². The largest absolute Gasteiger partial charge is 0.473 e. The fourth-order valence-corrected chi connectivity index (χ4v) is 1.34. The van der Waals surface area contributed by atoms with E-state index in [0.29, 0.717) is 5.88 Å². The first kappa shape index (κ1) is 11.5. The first-order chi connectivity index (χ1) is 6.63. The van der Waals surface area contributed by atoms with E-state index in [-0.39, 0.29) is 6.10 Å². The van der Waals surface area contributed by atoms with Gasteiger partial charge in [-0.1, -0.05) is 0 Å². The molecule has 0 bridgehead atoms. The zero-order valence-corrected chi connectivity index (χ0v) is 10.3. The van der Waals surface area contributed by atoms with Gasteiger partial charge in [-0.05, 0) is 42.9 Å². The highest BCUT2D eigenvalue weighted by atomic mass is 79.9. The molecule has 1 aromatic rings. The summed E-state index contributed by atoms with van der Waals surface area (Å²) in [5.74, 6) is 0.674. The van der Waals surface area contributed by atoms with Crippen LogP contribution in [0.3, 0.4) is 0 Å². The third kappa shape index (κ3) is 3.27. The Bertz CT molecular complexity index is 304. The summed E-state index contributed by atoms with van der Waals surface area (Å²) in [6.45, 7) is 4.77. The maximum absolute atomic E-state index is 5.60. The Labute approximate surface area is 93.0 Å². The lowest BCUT2D eigenvalue weighted by atomic mass is 10.3. The van der Waals surface area contributed by atoms with Crippen LogP contribution in [0.5, 0.6) is 5.88 Å². The number of pyridine rings is 1. The van der Waals surface area contributed by atoms with Crippen molar-refractivity contribution in [3.05, 3.63) is 22.3 Å². The summed E-state index contributed by atoms with van der Waals surface area (Å²) in [5, 5.41) is 3.05. The second kappa shape index (κ2) is 5.32. The van der Waals surface area contributed by atoms with Crippen molar-refractivity contribution in [3.8, 4) is 5.88 Å². The number of hydrogen-bond donors (Lipinski definition) is 1. The molecule has 0 saturated heterocycles. The standard InChI is InChI=1S/C10H15BrN2O/c1-7(6-12-3)14-10-5-4-9(11)8(2)13-10/h4-5,7,12H,6H2,1-3H3. The minimum atomic E-state index is 0.132. The lowest BCUT2D eigenvalue weighted by Crippen LogP contribution is -2.26. The maximum atomic E-state index is 5.60. The Morgan fingerprint density at radius 3 is 2.86 bits per heavy atom. The first-order valence-corrected chi connectivity index (χ1v) is 5.37. The Kier molecular flexibility index (Phi) is 4.35. The minimum absolute atomic E-state index is 0.132. The fourth-order valence-electron chi connectivity index (χ4n) is 1.12. The van der Waals surface area contributed by atoms with E-state index in [1.165, 1.54) is 0 Å². The molecule has 0 saturated carbocycles. The molecule has 1 heterocycles. The van der Waals surface area contributed by atoms with Crippen LogP contribution < -0.4 is 10.1 Å². The number of aryl methyl sites for hydroxylation is 1. The minimum Gasteiger partial charge on any atom is -0.473 e. The second-order valence-electron chi connectivity index (χ2n) is 3.20. The molecule has 0 fully saturated rings. The zero-order chi connectivity index (χ0) is 10.6. The van der Waals surface area contributed by atoms with Crippen LogP contribution in [0.15, 0.2) is 16.6 Å². The molecule has 0 amide bonds. The maximum Gasteiger partial charge on any atom is 0.213 e. The highest BCUT2D eigenvalue weighted by Crippen LogP contribution is 2.18. The van der Waals surface area contributed by atoms with E-state index in [1.54, 1.807) is 0 Å². The molecule has 0 aliphatic rings. The van der Waals surface area contributed by atoms with Crippen molar-refractivity contribution in [1.29, 1.82) is 0 Å². The van der Waals surface area contributed by atoms with E-state index >= 15 is 0 Å². The molecule has 0 aromatic carbocycles. The molecule has 78 valence electrons. The van der Waals surface area contributed by atoms with Crippen LogP contribution in [-0.2, 0) is 0 Å². The van der Waals surface area contributed by atoms with Gasteiger partial charge in [0.2, 0.25) is 5.88 Å². The Morgan fingerprint density at radius 1 is 1.57 bits per heavy atom. The second-order valence-corrected chi connectivity index (χ2v) is 4.06. The topological polar surface area (TPSA) is 34.1 Å². The SMILES string of the molecule is CNCC(C)Oc1ccc(Br)c(C)n1. The van der Waals surface area contributed by atoms with Crippen molar-refractivity contribution in [1.82, 2.24) is 10.3 Å². The smallest absolute Gasteiger partial charge is 0.213 e. The lowest BCUT2D eigenvalue weighted by molar-refractivity contribution is 0.211. The average Bonchev–Trinajstić information content (AvgIpc) is 2.12. The highest BCUT2D eigenvalue weighted by Gasteiger charge is 2.04. The van der Waals surface area contributed by atoms with Crippen LogP contribution in [0.1, 0.15) is 12.6 Å². The highest BCUT2D eigenvalue weighted by molar-refractivity contribution is 9.10. The molecule has 1 aromatic heterocycles. The van der Waals surface area contributed by atoms with E-state index in [1.807, 2.05) is 33.0 Å². The summed E-state index contributed by atoms with van der Waals surface area (Å²) in [6, 6.07) is 3.81. The van der Waals surface area contributed by atoms with Crippen molar-refractivity contribution in [2.24, 2.45) is 0 Å². The van der Waals surface area contributed by atoms with Crippen LogP contribution in [-0.4, -0.2) is 24.7 Å². The fraction of sp³-hybridized carbons (Fsp3) is 0.500. The Morgan fingerprint density at radius 2 is 2.29 bits per heavy atom. The molecule has 1 atom stereocenters. The molecule has 0 radical (unpaired) electrons. The molecule has 0 aliphatic heterocycles. The van der Waals surface area contributed by atoms with Gasteiger partial charge in [-0.25, -0.2) is 4.98 Å². The molecule has 0 spiro atoms. The average molecular weight is 259 g/mol. The molecule has 1 rings (SSSR count). The normalized spacial score (nSPS) is 12.6. The van der Waals surface area contributed by atoms with Crippen LogP contribution in [0, 0.1) is 6.92 Å². The third-order valence-electron chi connectivity index (χ3n) is 1.81. The number of nitrogens with zero attached hydrogens (tertiary/aromatic N) is 1. The Balaban J connectivity index is 2.63. The molecule has 0 aliphatic carbocycles. The van der Waals surface area contributed by atoms with Crippen LogP contribution in [0.2, 0.25) is 0 Å². The van der Waals surface area contributed by atoms with E-state index in [9.17, 15) is 0 Å². The monoisotopic (exact) mass is 258 g/mol. The summed E-state index contributed by atoms with van der Waals surface area (Å²) in [5.41, 5.74) is 0.944. The van der Waals surface area contributed by atoms with Crippen molar-refractivity contribution < 1.29 is 4.74 Å². The number of aromatic nitrogens is 1. The summed E-state index contributed by atoms with van der Waals surface area (Å²) in [6.07, 6.45) is 0.132. The number of rotatable bonds is 4. The predicted molar refractivity (Wildman–Crippen MR) is 60.7 cm³/mol. The summed E-state index contributed by atoms with van der Waals surface area (Å²) < 4.78 is 6.60. The zero-order valence-electron chi connectivity index (χ0n) is 8.67. The summed E-state index contributed by atoms with van der Waals surface area (Å²) in [4.78, 5) is 4.30. The molecule has 1 unspecified atom stereocenters. The first-order valence-electron chi connectivity index (χ1n) is 4.58. The number of nitrogens with one attached hydrogen (secondary N) is 1. The van der Waals surface area contributed by atoms with Crippen molar-refractivity contribution in [2.75, 3.05) is 13.6 Å². The van der Waals surface area contributed by atoms with Crippen LogP contribution >= 0.6 is 15.9 Å². The van der Waals surface area contributed by atoms with Gasteiger partial charge in [-0.15, -0.1) is 0 Å². The van der Waals surface area contributed by atoms with Gasteiger partial charge in [-0.2, -0.15) is 0 Å². The molecule has 3 nitrogen and oxygen atoms in total. The van der Waals surface area contributed by atoms with Crippen molar-refractivity contribution in [3.63, 3.8) is 0 Å². The summed E-state index contributed by atoms with van der Waals surface area (Å²) in [7, 11) is 1.90. The lowest BCUT2D eigenvalue weighted by Gasteiger charge is -2.13. The van der Waals surface area contributed by atoms with Gasteiger partial charge in [0.1, 0.15) is 6.10 Å². The molecule has 1 N–H and O–H groups in total. The van der Waals surface area contributed by atoms with Gasteiger partial charge < -0.3 is 10.1 Å².